The summed E-state index contributed by atoms with van der Waals surface area (Å²) >= 11 is 0. The molecule has 18 heavy (non-hydrogen) atoms. The van der Waals surface area contributed by atoms with E-state index in [1.165, 1.54) is 5.06 Å². The van der Waals surface area contributed by atoms with Crippen molar-refractivity contribution in [2.45, 2.75) is 63.5 Å². The molecule has 1 saturated heterocycles. The number of hydrogen-bond donors (Lipinski definition) is 3. The van der Waals surface area contributed by atoms with Crippen molar-refractivity contribution in [3.63, 3.8) is 0 Å². The Morgan fingerprint density at radius 2 is 1.33 bits per heavy atom. The molecule has 0 unspecified atom stereocenters. The van der Waals surface area contributed by atoms with Gasteiger partial charge in [0.25, 0.3) is 0 Å². The largest absolute Gasteiger partial charge is 0.481 e. The molecule has 2 atom stereocenters. The van der Waals surface area contributed by atoms with E-state index >= 15 is 0 Å². The third kappa shape index (κ3) is 3.20. The van der Waals surface area contributed by atoms with Crippen molar-refractivity contribution in [1.82, 2.24) is 5.06 Å². The van der Waals surface area contributed by atoms with Gasteiger partial charge in [-0.15, -0.1) is 0 Å². The summed E-state index contributed by atoms with van der Waals surface area (Å²) in [5.74, 6) is -1.77. The molecule has 0 aliphatic carbocycles. The van der Waals surface area contributed by atoms with Crippen LogP contribution in [0, 0.1) is 0 Å². The highest BCUT2D eigenvalue weighted by molar-refractivity contribution is 5.67. The fourth-order valence-electron chi connectivity index (χ4n) is 2.62. The van der Waals surface area contributed by atoms with Gasteiger partial charge >= 0.3 is 11.9 Å². The van der Waals surface area contributed by atoms with Gasteiger partial charge in [-0.2, -0.15) is 5.06 Å². The van der Waals surface area contributed by atoms with Crippen LogP contribution in [-0.4, -0.2) is 43.5 Å². The molecule has 1 aliphatic heterocycles. The maximum Gasteiger partial charge on any atom is 0.303 e. The highest BCUT2D eigenvalue weighted by atomic mass is 16.5. The summed E-state index contributed by atoms with van der Waals surface area (Å²) in [5, 5.41) is 28.8. The lowest BCUT2D eigenvalue weighted by Gasteiger charge is -2.38. The Morgan fingerprint density at radius 3 is 1.61 bits per heavy atom. The predicted molar refractivity (Wildman–Crippen MR) is 63.4 cm³/mol. The van der Waals surface area contributed by atoms with Crippen LogP contribution in [0.5, 0.6) is 0 Å². The fraction of sp³-hybridized carbons (Fsp3) is 0.833. The van der Waals surface area contributed by atoms with Crippen LogP contribution in [-0.2, 0) is 9.59 Å². The molecule has 0 aromatic heterocycles. The van der Waals surface area contributed by atoms with Crippen molar-refractivity contribution in [2.24, 2.45) is 0 Å². The van der Waals surface area contributed by atoms with Gasteiger partial charge in [0, 0.05) is 23.9 Å². The SMILES string of the molecule is C[C@@]1(CCC(=O)O)CC[C@@](C)(CCC(=O)O)N1O. The van der Waals surface area contributed by atoms with E-state index in [2.05, 4.69) is 0 Å². The third-order valence-corrected chi connectivity index (χ3v) is 3.98. The number of hydroxylamine groups is 2. The molecular formula is C12H21NO5. The average molecular weight is 259 g/mol. The van der Waals surface area contributed by atoms with E-state index < -0.39 is 23.0 Å². The molecule has 0 spiro atoms. The molecule has 1 fully saturated rings. The lowest BCUT2D eigenvalue weighted by Crippen LogP contribution is -2.49. The van der Waals surface area contributed by atoms with Crippen molar-refractivity contribution in [3.05, 3.63) is 0 Å². The minimum Gasteiger partial charge on any atom is -0.481 e. The number of carbonyl (C=O) groups is 2. The van der Waals surface area contributed by atoms with Crippen LogP contribution in [0.15, 0.2) is 0 Å². The van der Waals surface area contributed by atoms with Gasteiger partial charge in [-0.25, -0.2) is 0 Å². The van der Waals surface area contributed by atoms with E-state index in [0.29, 0.717) is 25.7 Å². The Balaban J connectivity index is 2.66. The van der Waals surface area contributed by atoms with E-state index in [1.54, 1.807) is 0 Å². The van der Waals surface area contributed by atoms with Crippen LogP contribution >= 0.6 is 0 Å². The van der Waals surface area contributed by atoms with Crippen molar-refractivity contribution >= 4 is 11.9 Å². The van der Waals surface area contributed by atoms with Crippen LogP contribution in [0.25, 0.3) is 0 Å². The quantitative estimate of drug-likeness (QED) is 0.671. The van der Waals surface area contributed by atoms with Crippen LogP contribution in [0.2, 0.25) is 0 Å². The zero-order valence-corrected chi connectivity index (χ0v) is 10.8. The Kier molecular flexibility index (Phi) is 4.34. The lowest BCUT2D eigenvalue weighted by atomic mass is 9.92. The first-order valence-corrected chi connectivity index (χ1v) is 6.12. The van der Waals surface area contributed by atoms with Crippen LogP contribution < -0.4 is 0 Å². The van der Waals surface area contributed by atoms with E-state index in [-0.39, 0.29) is 12.8 Å². The first-order valence-electron chi connectivity index (χ1n) is 6.12. The molecule has 0 aromatic carbocycles. The predicted octanol–water partition coefficient (Wildman–Crippen LogP) is 1.72. The van der Waals surface area contributed by atoms with Gasteiger partial charge in [0.05, 0.1) is 0 Å². The van der Waals surface area contributed by atoms with Crippen LogP contribution in [0.4, 0.5) is 0 Å². The minimum atomic E-state index is -0.885. The van der Waals surface area contributed by atoms with Crippen molar-refractivity contribution in [3.8, 4) is 0 Å². The van der Waals surface area contributed by atoms with Gasteiger partial charge in [-0.1, -0.05) is 0 Å². The summed E-state index contributed by atoms with van der Waals surface area (Å²) in [6.07, 6.45) is 2.08. The topological polar surface area (TPSA) is 98.1 Å². The molecular weight excluding hydrogens is 238 g/mol. The maximum atomic E-state index is 10.6. The number of hydrogen-bond acceptors (Lipinski definition) is 4. The molecule has 0 radical (unpaired) electrons. The second-order valence-corrected chi connectivity index (χ2v) is 5.59. The Labute approximate surface area is 106 Å². The molecule has 104 valence electrons. The normalized spacial score (nSPS) is 32.6. The molecule has 6 heteroatoms. The van der Waals surface area contributed by atoms with Crippen LogP contribution in [0.3, 0.4) is 0 Å². The highest BCUT2D eigenvalue weighted by Crippen LogP contribution is 2.44. The standard InChI is InChI=1S/C12H21NO5/c1-11(5-3-9(14)15)7-8-12(2,13(11)18)6-4-10(16)17/h18H,3-8H2,1-2H3,(H,14,15)(H,16,17)/t11-,12-/m1/s1. The fourth-order valence-corrected chi connectivity index (χ4v) is 2.62. The van der Waals surface area contributed by atoms with Gasteiger partial charge in [0.1, 0.15) is 0 Å². The number of carboxylic acids is 2. The molecule has 0 saturated carbocycles. The summed E-state index contributed by atoms with van der Waals surface area (Å²) in [7, 11) is 0. The molecule has 1 rings (SSSR count). The third-order valence-electron chi connectivity index (χ3n) is 3.98. The first kappa shape index (κ1) is 14.9. The number of aliphatic carboxylic acids is 2. The van der Waals surface area contributed by atoms with Gasteiger partial charge in [0.2, 0.25) is 0 Å². The van der Waals surface area contributed by atoms with Crippen molar-refractivity contribution in [1.29, 1.82) is 0 Å². The van der Waals surface area contributed by atoms with Gasteiger partial charge < -0.3 is 15.4 Å². The minimum absolute atomic E-state index is 0.00255. The van der Waals surface area contributed by atoms with E-state index in [1.807, 2.05) is 13.8 Å². The molecule has 3 N–H and O–H groups in total. The second kappa shape index (κ2) is 5.24. The average Bonchev–Trinajstić information content (AvgIpc) is 2.51. The molecule has 0 bridgehead atoms. The molecule has 0 aromatic rings. The zero-order valence-electron chi connectivity index (χ0n) is 10.8. The highest BCUT2D eigenvalue weighted by Gasteiger charge is 2.49. The van der Waals surface area contributed by atoms with Crippen molar-refractivity contribution < 1.29 is 25.0 Å². The molecule has 6 nitrogen and oxygen atoms in total. The van der Waals surface area contributed by atoms with E-state index in [4.69, 9.17) is 10.2 Å². The number of carboxylic acid groups (broad SMARTS) is 2. The van der Waals surface area contributed by atoms with Gasteiger partial charge in [0.15, 0.2) is 0 Å². The maximum absolute atomic E-state index is 10.6. The first-order chi connectivity index (χ1) is 8.19. The monoisotopic (exact) mass is 259 g/mol. The molecule has 1 heterocycles. The van der Waals surface area contributed by atoms with Crippen LogP contribution in [0.1, 0.15) is 52.4 Å². The summed E-state index contributed by atoms with van der Waals surface area (Å²) < 4.78 is 0. The summed E-state index contributed by atoms with van der Waals surface area (Å²) in [4.78, 5) is 21.2. The Hall–Kier alpha value is -1.14. The lowest BCUT2D eigenvalue weighted by molar-refractivity contribution is -0.207. The second-order valence-electron chi connectivity index (χ2n) is 5.59. The van der Waals surface area contributed by atoms with Gasteiger partial charge in [-0.3, -0.25) is 9.59 Å². The summed E-state index contributed by atoms with van der Waals surface area (Å²) in [6, 6.07) is 0. The molecule has 1 aliphatic rings. The number of nitrogens with zero attached hydrogens (tertiary/aromatic N) is 1. The molecule has 0 amide bonds. The summed E-state index contributed by atoms with van der Waals surface area (Å²) in [6.45, 7) is 3.64. The van der Waals surface area contributed by atoms with Gasteiger partial charge in [-0.05, 0) is 39.5 Å². The number of rotatable bonds is 6. The Bertz CT molecular complexity index is 313. The summed E-state index contributed by atoms with van der Waals surface area (Å²) in [5.41, 5.74) is -1.16. The Morgan fingerprint density at radius 1 is 1.00 bits per heavy atom. The smallest absolute Gasteiger partial charge is 0.303 e. The van der Waals surface area contributed by atoms with Crippen molar-refractivity contribution in [2.75, 3.05) is 0 Å². The van der Waals surface area contributed by atoms with E-state index in [9.17, 15) is 14.8 Å². The van der Waals surface area contributed by atoms with E-state index in [0.717, 1.165) is 0 Å². The zero-order chi connectivity index (χ0) is 14.0.